The zero-order chi connectivity index (χ0) is 14.6. The number of H-pyrrole nitrogens is 1. The molecule has 3 atom stereocenters. The van der Waals surface area contributed by atoms with E-state index >= 15 is 0 Å². The number of aliphatic hydroxyl groups excluding tert-OH is 1. The number of hydrogen-bond donors (Lipinski definition) is 3. The van der Waals surface area contributed by atoms with Gasteiger partial charge in [0.2, 0.25) is 0 Å². The van der Waals surface area contributed by atoms with Gasteiger partial charge >= 0.3 is 5.69 Å². The van der Waals surface area contributed by atoms with Crippen LogP contribution in [0.25, 0.3) is 0 Å². The number of aryl methyl sites for hydroxylation is 1. The third kappa shape index (κ3) is 3.76. The monoisotopic (exact) mass is 271 g/mol. The van der Waals surface area contributed by atoms with Crippen molar-refractivity contribution in [1.29, 1.82) is 0 Å². The highest BCUT2D eigenvalue weighted by atomic mass is 16.5. The molecule has 1 aromatic rings. The lowest BCUT2D eigenvalue weighted by atomic mass is 10.2. The Hall–Kier alpha value is -1.44. The Kier molecular flexibility index (Phi) is 5.46. The number of aliphatic hydroxyl groups is 1. The fourth-order valence-electron chi connectivity index (χ4n) is 1.68. The van der Waals surface area contributed by atoms with Crippen LogP contribution in [-0.4, -0.2) is 40.5 Å². The number of nitrogens with one attached hydrogen (secondary N) is 2. The van der Waals surface area contributed by atoms with Gasteiger partial charge in [0.1, 0.15) is 6.23 Å². The molecule has 0 aliphatic rings. The van der Waals surface area contributed by atoms with E-state index in [-0.39, 0.29) is 12.6 Å². The van der Waals surface area contributed by atoms with Crippen molar-refractivity contribution in [2.45, 2.75) is 39.1 Å². The summed E-state index contributed by atoms with van der Waals surface area (Å²) in [6.07, 6.45) is 0.416. The fourth-order valence-corrected chi connectivity index (χ4v) is 1.68. The Labute approximate surface area is 111 Å². The minimum atomic E-state index is -0.587. The predicted octanol–water partition coefficient (Wildman–Crippen LogP) is -0.651. The maximum atomic E-state index is 11.7. The van der Waals surface area contributed by atoms with E-state index in [1.165, 1.54) is 10.8 Å². The summed E-state index contributed by atoms with van der Waals surface area (Å²) in [5.74, 6) is 0. The zero-order valence-electron chi connectivity index (χ0n) is 11.6. The molecule has 1 heterocycles. The molecule has 108 valence electrons. The van der Waals surface area contributed by atoms with Crippen molar-refractivity contribution < 1.29 is 9.84 Å². The normalized spacial score (nSPS) is 16.1. The lowest BCUT2D eigenvalue weighted by molar-refractivity contribution is -0.0793. The summed E-state index contributed by atoms with van der Waals surface area (Å²) < 4.78 is 6.94. The highest BCUT2D eigenvalue weighted by Crippen LogP contribution is 2.10. The number of hydrogen-bond acceptors (Lipinski definition) is 5. The molecule has 0 bridgehead atoms. The summed E-state index contributed by atoms with van der Waals surface area (Å²) in [7, 11) is 1.76. The molecule has 0 radical (unpaired) electrons. The van der Waals surface area contributed by atoms with Gasteiger partial charge in [-0.1, -0.05) is 0 Å². The van der Waals surface area contributed by atoms with Gasteiger partial charge in [0.25, 0.3) is 5.56 Å². The average Bonchev–Trinajstić information content (AvgIpc) is 2.38. The molecule has 0 amide bonds. The smallest absolute Gasteiger partial charge is 0.330 e. The minimum absolute atomic E-state index is 0.0630. The molecule has 7 heteroatoms. The second-order valence-corrected chi connectivity index (χ2v) is 4.51. The summed E-state index contributed by atoms with van der Waals surface area (Å²) >= 11 is 0. The second-order valence-electron chi connectivity index (χ2n) is 4.51. The molecule has 1 unspecified atom stereocenters. The molecular formula is C12H21N3O4. The molecule has 0 saturated carbocycles. The van der Waals surface area contributed by atoms with Crippen LogP contribution in [0.3, 0.4) is 0 Å². The van der Waals surface area contributed by atoms with Crippen LogP contribution >= 0.6 is 0 Å². The maximum Gasteiger partial charge on any atom is 0.330 e. The van der Waals surface area contributed by atoms with Crippen molar-refractivity contribution in [3.05, 3.63) is 32.6 Å². The highest BCUT2D eigenvalue weighted by Gasteiger charge is 2.20. The number of ether oxygens (including phenoxy) is 1. The Morgan fingerprint density at radius 2 is 2.11 bits per heavy atom. The van der Waals surface area contributed by atoms with Gasteiger partial charge in [-0.05, 0) is 27.8 Å². The van der Waals surface area contributed by atoms with E-state index in [9.17, 15) is 14.7 Å². The number of rotatable bonds is 6. The van der Waals surface area contributed by atoms with Crippen LogP contribution in [-0.2, 0) is 4.74 Å². The van der Waals surface area contributed by atoms with E-state index in [1.54, 1.807) is 20.9 Å². The summed E-state index contributed by atoms with van der Waals surface area (Å²) in [4.78, 5) is 25.2. The van der Waals surface area contributed by atoms with E-state index in [0.29, 0.717) is 5.56 Å². The quantitative estimate of drug-likeness (QED) is 0.639. The van der Waals surface area contributed by atoms with Crippen LogP contribution in [0.2, 0.25) is 0 Å². The van der Waals surface area contributed by atoms with Gasteiger partial charge in [-0.2, -0.15) is 0 Å². The van der Waals surface area contributed by atoms with Gasteiger partial charge < -0.3 is 15.2 Å². The third-order valence-corrected chi connectivity index (χ3v) is 3.10. The maximum absolute atomic E-state index is 11.7. The van der Waals surface area contributed by atoms with Gasteiger partial charge in [-0.3, -0.25) is 14.3 Å². The van der Waals surface area contributed by atoms with E-state index in [2.05, 4.69) is 10.3 Å². The Balaban J connectivity index is 2.95. The van der Waals surface area contributed by atoms with Crippen LogP contribution in [0.5, 0.6) is 0 Å². The largest absolute Gasteiger partial charge is 0.394 e. The SMILES string of the molecule is CN[C@H](C)C(CO)O[C@H](C)n1cc(C)c(=O)[nH]c1=O. The van der Waals surface area contributed by atoms with Crippen LogP contribution in [0, 0.1) is 6.92 Å². The lowest BCUT2D eigenvalue weighted by Crippen LogP contribution is -2.42. The lowest BCUT2D eigenvalue weighted by Gasteiger charge is -2.26. The van der Waals surface area contributed by atoms with Crippen LogP contribution in [0.4, 0.5) is 0 Å². The molecule has 3 N–H and O–H groups in total. The zero-order valence-corrected chi connectivity index (χ0v) is 11.6. The molecule has 0 saturated heterocycles. The number of likely N-dealkylation sites (N-methyl/N-ethyl adjacent to an activating group) is 1. The van der Waals surface area contributed by atoms with E-state index in [4.69, 9.17) is 4.74 Å². The van der Waals surface area contributed by atoms with Gasteiger partial charge in [0.15, 0.2) is 0 Å². The van der Waals surface area contributed by atoms with Crippen molar-refractivity contribution in [1.82, 2.24) is 14.9 Å². The minimum Gasteiger partial charge on any atom is -0.394 e. The van der Waals surface area contributed by atoms with Gasteiger partial charge in [-0.15, -0.1) is 0 Å². The Bertz CT molecular complexity index is 522. The standard InChI is InChI=1S/C12H21N3O4/c1-7-5-15(12(18)14-11(7)17)9(3)19-10(6-16)8(2)13-4/h5,8-10,13,16H,6H2,1-4H3,(H,14,17,18)/t8-,9-,10?/m1/s1. The summed E-state index contributed by atoms with van der Waals surface area (Å²) in [6, 6.07) is -0.0630. The summed E-state index contributed by atoms with van der Waals surface area (Å²) in [5, 5.41) is 12.3. The molecule has 0 spiro atoms. The average molecular weight is 271 g/mol. The third-order valence-electron chi connectivity index (χ3n) is 3.10. The van der Waals surface area contributed by atoms with Crippen molar-refractivity contribution >= 4 is 0 Å². The Morgan fingerprint density at radius 1 is 1.47 bits per heavy atom. The fraction of sp³-hybridized carbons (Fsp3) is 0.667. The molecule has 1 rings (SSSR count). The first-order valence-electron chi connectivity index (χ1n) is 6.16. The van der Waals surface area contributed by atoms with Crippen LogP contribution < -0.4 is 16.6 Å². The number of aromatic amines is 1. The van der Waals surface area contributed by atoms with E-state index in [1.807, 2.05) is 6.92 Å². The molecule has 1 aromatic heterocycles. The first-order chi connectivity index (χ1) is 8.90. The van der Waals surface area contributed by atoms with Crippen molar-refractivity contribution in [3.63, 3.8) is 0 Å². The topological polar surface area (TPSA) is 96.3 Å². The molecule has 19 heavy (non-hydrogen) atoms. The molecule has 0 aromatic carbocycles. The molecule has 0 fully saturated rings. The molecular weight excluding hydrogens is 250 g/mol. The highest BCUT2D eigenvalue weighted by molar-refractivity contribution is 5.01. The van der Waals surface area contributed by atoms with Gasteiger partial charge in [0.05, 0.1) is 12.7 Å². The van der Waals surface area contributed by atoms with Crippen LogP contribution in [0.1, 0.15) is 25.6 Å². The Morgan fingerprint density at radius 3 is 2.63 bits per heavy atom. The van der Waals surface area contributed by atoms with Crippen LogP contribution in [0.15, 0.2) is 15.8 Å². The van der Waals surface area contributed by atoms with Crippen molar-refractivity contribution in [2.75, 3.05) is 13.7 Å². The predicted molar refractivity (Wildman–Crippen MR) is 71.3 cm³/mol. The summed E-state index contributed by atoms with van der Waals surface area (Å²) in [6.45, 7) is 5.00. The first-order valence-corrected chi connectivity index (χ1v) is 6.16. The van der Waals surface area contributed by atoms with E-state index < -0.39 is 23.6 Å². The molecule has 0 aliphatic carbocycles. The van der Waals surface area contributed by atoms with Gasteiger partial charge in [-0.25, -0.2) is 4.79 Å². The van der Waals surface area contributed by atoms with Gasteiger partial charge in [0, 0.05) is 17.8 Å². The summed E-state index contributed by atoms with van der Waals surface area (Å²) in [5.41, 5.74) is -0.509. The molecule has 0 aliphatic heterocycles. The second kappa shape index (κ2) is 6.65. The number of aromatic nitrogens is 2. The van der Waals surface area contributed by atoms with E-state index in [0.717, 1.165) is 0 Å². The van der Waals surface area contributed by atoms with Crippen molar-refractivity contribution in [2.24, 2.45) is 0 Å². The van der Waals surface area contributed by atoms with Crippen molar-refractivity contribution in [3.8, 4) is 0 Å². The first kappa shape index (κ1) is 15.6. The number of nitrogens with zero attached hydrogens (tertiary/aromatic N) is 1. The molecule has 7 nitrogen and oxygen atoms in total.